The summed E-state index contributed by atoms with van der Waals surface area (Å²) in [6.07, 6.45) is 6.99. The van der Waals surface area contributed by atoms with Gasteiger partial charge in [0.15, 0.2) is 0 Å². The second kappa shape index (κ2) is 5.54. The Labute approximate surface area is 107 Å². The molecule has 1 amide bonds. The summed E-state index contributed by atoms with van der Waals surface area (Å²) >= 11 is 5.76. The van der Waals surface area contributed by atoms with Gasteiger partial charge in [-0.05, 0) is 25.2 Å². The molecule has 0 saturated carbocycles. The molecule has 1 fully saturated rings. The molecule has 2 rings (SSSR count). The number of carbonyl (C=O) groups is 1. The molecular weight excluding hydrogens is 238 g/mol. The summed E-state index contributed by atoms with van der Waals surface area (Å²) < 4.78 is 2.03. The van der Waals surface area contributed by atoms with Gasteiger partial charge in [-0.1, -0.05) is 11.6 Å². The van der Waals surface area contributed by atoms with Gasteiger partial charge in [0.25, 0.3) is 0 Å². The minimum absolute atomic E-state index is 0.199. The lowest BCUT2D eigenvalue weighted by Gasteiger charge is -2.31. The van der Waals surface area contributed by atoms with Gasteiger partial charge in [0.05, 0.1) is 6.33 Å². The standard InChI is InChI=1S/C12H18ClN3O/c1-10(17)16-6-3-11(4-7-16)2-5-15-8-12(13)14-9-15/h8-9,11H,2-7H2,1H3. The lowest BCUT2D eigenvalue weighted by atomic mass is 9.93. The van der Waals surface area contributed by atoms with Gasteiger partial charge < -0.3 is 9.47 Å². The summed E-state index contributed by atoms with van der Waals surface area (Å²) in [4.78, 5) is 17.1. The molecule has 94 valence electrons. The Kier molecular flexibility index (Phi) is 4.05. The Bertz CT molecular complexity index is 383. The number of halogens is 1. The number of nitrogens with zero attached hydrogens (tertiary/aromatic N) is 3. The van der Waals surface area contributed by atoms with Crippen LogP contribution in [0.5, 0.6) is 0 Å². The molecule has 2 heterocycles. The molecule has 0 N–H and O–H groups in total. The van der Waals surface area contributed by atoms with Gasteiger partial charge in [-0.15, -0.1) is 0 Å². The zero-order chi connectivity index (χ0) is 12.3. The van der Waals surface area contributed by atoms with E-state index < -0.39 is 0 Å². The van der Waals surface area contributed by atoms with Crippen molar-refractivity contribution in [1.82, 2.24) is 14.5 Å². The average Bonchev–Trinajstić information content (AvgIpc) is 2.73. The third-order valence-corrected chi connectivity index (χ3v) is 3.65. The number of rotatable bonds is 3. The number of aryl methyl sites for hydroxylation is 1. The van der Waals surface area contributed by atoms with Crippen molar-refractivity contribution in [2.75, 3.05) is 13.1 Å². The highest BCUT2D eigenvalue weighted by atomic mass is 35.5. The maximum atomic E-state index is 11.2. The lowest BCUT2D eigenvalue weighted by molar-refractivity contribution is -0.130. The summed E-state index contributed by atoms with van der Waals surface area (Å²) in [6, 6.07) is 0. The topological polar surface area (TPSA) is 38.1 Å². The van der Waals surface area contributed by atoms with Crippen molar-refractivity contribution in [1.29, 1.82) is 0 Å². The second-order valence-corrected chi connectivity index (χ2v) is 5.06. The quantitative estimate of drug-likeness (QED) is 0.830. The Morgan fingerprint density at radius 2 is 2.24 bits per heavy atom. The van der Waals surface area contributed by atoms with E-state index in [1.165, 1.54) is 0 Å². The number of aromatic nitrogens is 2. The molecule has 5 heteroatoms. The summed E-state index contributed by atoms with van der Waals surface area (Å²) in [6.45, 7) is 4.42. The first kappa shape index (κ1) is 12.4. The largest absolute Gasteiger partial charge is 0.343 e. The molecule has 4 nitrogen and oxygen atoms in total. The predicted octanol–water partition coefficient (Wildman–Crippen LogP) is 2.19. The van der Waals surface area contributed by atoms with Crippen molar-refractivity contribution in [3.8, 4) is 0 Å². The first-order chi connectivity index (χ1) is 8.15. The molecule has 1 saturated heterocycles. The molecule has 0 aliphatic carbocycles. The average molecular weight is 256 g/mol. The highest BCUT2D eigenvalue weighted by Gasteiger charge is 2.20. The van der Waals surface area contributed by atoms with Crippen molar-refractivity contribution in [2.45, 2.75) is 32.7 Å². The van der Waals surface area contributed by atoms with E-state index in [1.54, 1.807) is 13.3 Å². The van der Waals surface area contributed by atoms with E-state index in [0.29, 0.717) is 11.1 Å². The number of hydrogen-bond donors (Lipinski definition) is 0. The van der Waals surface area contributed by atoms with Crippen LogP contribution >= 0.6 is 11.6 Å². The Hall–Kier alpha value is -1.03. The van der Waals surface area contributed by atoms with Gasteiger partial charge in [0.2, 0.25) is 5.91 Å². The molecule has 17 heavy (non-hydrogen) atoms. The second-order valence-electron chi connectivity index (χ2n) is 4.67. The van der Waals surface area contributed by atoms with Crippen LogP contribution in [0.2, 0.25) is 5.15 Å². The number of likely N-dealkylation sites (tertiary alicyclic amines) is 1. The van der Waals surface area contributed by atoms with Crippen LogP contribution in [0.15, 0.2) is 12.5 Å². The molecule has 0 aromatic carbocycles. The van der Waals surface area contributed by atoms with Crippen LogP contribution in [0.3, 0.4) is 0 Å². The Morgan fingerprint density at radius 1 is 1.53 bits per heavy atom. The number of piperidine rings is 1. The minimum Gasteiger partial charge on any atom is -0.343 e. The van der Waals surface area contributed by atoms with E-state index in [-0.39, 0.29) is 5.91 Å². The molecule has 0 atom stereocenters. The van der Waals surface area contributed by atoms with Crippen molar-refractivity contribution in [2.24, 2.45) is 5.92 Å². The number of amides is 1. The lowest BCUT2D eigenvalue weighted by Crippen LogP contribution is -2.37. The third kappa shape index (κ3) is 3.46. The molecule has 0 radical (unpaired) electrons. The first-order valence-electron chi connectivity index (χ1n) is 6.08. The van der Waals surface area contributed by atoms with Crippen LogP contribution in [0.4, 0.5) is 0 Å². The monoisotopic (exact) mass is 255 g/mol. The van der Waals surface area contributed by atoms with E-state index >= 15 is 0 Å². The molecule has 0 unspecified atom stereocenters. The van der Waals surface area contributed by atoms with Gasteiger partial charge in [-0.25, -0.2) is 4.98 Å². The van der Waals surface area contributed by atoms with E-state index in [4.69, 9.17) is 11.6 Å². The molecular formula is C12H18ClN3O. The molecule has 0 spiro atoms. The highest BCUT2D eigenvalue weighted by Crippen LogP contribution is 2.21. The maximum absolute atomic E-state index is 11.2. The van der Waals surface area contributed by atoms with Gasteiger partial charge >= 0.3 is 0 Å². The van der Waals surface area contributed by atoms with E-state index in [1.807, 2.05) is 15.7 Å². The van der Waals surface area contributed by atoms with E-state index in [2.05, 4.69) is 4.98 Å². The number of carbonyl (C=O) groups excluding carboxylic acids is 1. The summed E-state index contributed by atoms with van der Waals surface area (Å²) in [5, 5.41) is 0.552. The molecule has 1 aliphatic rings. The van der Waals surface area contributed by atoms with Crippen LogP contribution < -0.4 is 0 Å². The van der Waals surface area contributed by atoms with E-state index in [0.717, 1.165) is 38.9 Å². The zero-order valence-electron chi connectivity index (χ0n) is 10.1. The fourth-order valence-corrected chi connectivity index (χ4v) is 2.49. The fraction of sp³-hybridized carbons (Fsp3) is 0.667. The normalized spacial score (nSPS) is 17.4. The smallest absolute Gasteiger partial charge is 0.219 e. The molecule has 1 aromatic heterocycles. The summed E-state index contributed by atoms with van der Waals surface area (Å²) in [5.41, 5.74) is 0. The summed E-state index contributed by atoms with van der Waals surface area (Å²) in [5.74, 6) is 0.914. The van der Waals surface area contributed by atoms with Crippen LogP contribution in [0.1, 0.15) is 26.2 Å². The van der Waals surface area contributed by atoms with Crippen molar-refractivity contribution in [3.05, 3.63) is 17.7 Å². The van der Waals surface area contributed by atoms with E-state index in [9.17, 15) is 4.79 Å². The first-order valence-corrected chi connectivity index (χ1v) is 6.45. The van der Waals surface area contributed by atoms with Crippen molar-refractivity contribution < 1.29 is 4.79 Å². The molecule has 1 aliphatic heterocycles. The SMILES string of the molecule is CC(=O)N1CCC(CCn2cnc(Cl)c2)CC1. The minimum atomic E-state index is 0.199. The Morgan fingerprint density at radius 3 is 2.76 bits per heavy atom. The molecule has 0 bridgehead atoms. The van der Waals surface area contributed by atoms with Crippen molar-refractivity contribution >= 4 is 17.5 Å². The fourth-order valence-electron chi connectivity index (χ4n) is 2.32. The summed E-state index contributed by atoms with van der Waals surface area (Å²) in [7, 11) is 0. The van der Waals surface area contributed by atoms with Gasteiger partial charge in [-0.3, -0.25) is 4.79 Å². The predicted molar refractivity (Wildman–Crippen MR) is 66.8 cm³/mol. The van der Waals surface area contributed by atoms with Crippen LogP contribution in [-0.4, -0.2) is 33.4 Å². The van der Waals surface area contributed by atoms with Gasteiger partial charge in [0, 0.05) is 32.8 Å². The van der Waals surface area contributed by atoms with Gasteiger partial charge in [0.1, 0.15) is 5.15 Å². The van der Waals surface area contributed by atoms with Gasteiger partial charge in [-0.2, -0.15) is 0 Å². The highest BCUT2D eigenvalue weighted by molar-refractivity contribution is 6.29. The molecule has 1 aromatic rings. The third-order valence-electron chi connectivity index (χ3n) is 3.46. The van der Waals surface area contributed by atoms with Crippen LogP contribution in [0, 0.1) is 5.92 Å². The van der Waals surface area contributed by atoms with Crippen LogP contribution in [0.25, 0.3) is 0 Å². The number of imidazole rings is 1. The Balaban J connectivity index is 1.73. The van der Waals surface area contributed by atoms with Crippen molar-refractivity contribution in [3.63, 3.8) is 0 Å². The number of hydrogen-bond acceptors (Lipinski definition) is 2. The zero-order valence-corrected chi connectivity index (χ0v) is 10.9. The van der Waals surface area contributed by atoms with Crippen LogP contribution in [-0.2, 0) is 11.3 Å². The maximum Gasteiger partial charge on any atom is 0.219 e.